The summed E-state index contributed by atoms with van der Waals surface area (Å²) in [6.07, 6.45) is 3.11. The Morgan fingerprint density at radius 2 is 1.92 bits per heavy atom. The molecule has 8 nitrogen and oxygen atoms in total. The number of nitrogens with zero attached hydrogens (tertiary/aromatic N) is 1. The van der Waals surface area contributed by atoms with Gasteiger partial charge in [0.1, 0.15) is 5.75 Å². The van der Waals surface area contributed by atoms with Crippen LogP contribution in [-0.2, 0) is 9.59 Å². The maximum atomic E-state index is 12.8. The van der Waals surface area contributed by atoms with Crippen LogP contribution in [0.1, 0.15) is 36.0 Å². The third kappa shape index (κ3) is 5.73. The van der Waals surface area contributed by atoms with Gasteiger partial charge in [-0.2, -0.15) is 0 Å². The van der Waals surface area contributed by atoms with Crippen LogP contribution in [0.4, 0.5) is 0 Å². The quantitative estimate of drug-likeness (QED) is 0.600. The molecule has 2 rings (SSSR count). The number of likely N-dealkylation sites (tertiary alicyclic amines) is 1. The lowest BCUT2D eigenvalue weighted by Crippen LogP contribution is -2.49. The van der Waals surface area contributed by atoms with Crippen molar-refractivity contribution in [1.82, 2.24) is 10.2 Å². The van der Waals surface area contributed by atoms with Crippen molar-refractivity contribution in [3.63, 3.8) is 0 Å². The maximum Gasteiger partial charge on any atom is 0.255 e. The smallest absolute Gasteiger partial charge is 0.255 e. The number of hydrogen-bond donors (Lipinski definition) is 3. The molecule has 1 unspecified atom stereocenters. The Balaban J connectivity index is 1.98. The molecule has 8 heteroatoms. The van der Waals surface area contributed by atoms with Crippen LogP contribution >= 0.6 is 0 Å². The molecule has 142 valence electrons. The van der Waals surface area contributed by atoms with E-state index in [0.717, 1.165) is 19.3 Å². The molecule has 0 aromatic heterocycles. The van der Waals surface area contributed by atoms with Crippen molar-refractivity contribution in [2.24, 2.45) is 11.5 Å². The van der Waals surface area contributed by atoms with Gasteiger partial charge in [0.25, 0.3) is 11.8 Å². The number of nitrogens with two attached hydrogens (primary N) is 2. The van der Waals surface area contributed by atoms with Gasteiger partial charge in [-0.15, -0.1) is 0 Å². The summed E-state index contributed by atoms with van der Waals surface area (Å²) in [5.74, 6) is -0.256. The molecule has 0 saturated carbocycles. The third-order valence-electron chi connectivity index (χ3n) is 4.28. The van der Waals surface area contributed by atoms with Crippen LogP contribution in [-0.4, -0.2) is 54.9 Å². The number of ether oxygens (including phenoxy) is 1. The van der Waals surface area contributed by atoms with Crippen molar-refractivity contribution in [2.45, 2.75) is 31.7 Å². The average Bonchev–Trinajstić information content (AvgIpc) is 2.65. The van der Waals surface area contributed by atoms with Gasteiger partial charge in [0.15, 0.2) is 6.61 Å². The van der Waals surface area contributed by atoms with Crippen molar-refractivity contribution >= 4 is 17.7 Å². The Hall–Kier alpha value is -2.61. The number of amides is 3. The van der Waals surface area contributed by atoms with Crippen molar-refractivity contribution in [3.05, 3.63) is 29.8 Å². The molecular weight excluding hydrogens is 336 g/mol. The van der Waals surface area contributed by atoms with E-state index in [1.807, 2.05) is 4.90 Å². The molecule has 1 saturated heterocycles. The molecular formula is C18H26N4O4. The van der Waals surface area contributed by atoms with Gasteiger partial charge in [-0.1, -0.05) is 0 Å². The number of benzene rings is 1. The molecule has 0 spiro atoms. The summed E-state index contributed by atoms with van der Waals surface area (Å²) in [6, 6.07) is 6.58. The van der Waals surface area contributed by atoms with Crippen LogP contribution in [0.2, 0.25) is 0 Å². The molecule has 1 heterocycles. The minimum Gasteiger partial charge on any atom is -0.484 e. The van der Waals surface area contributed by atoms with Crippen molar-refractivity contribution in [2.75, 3.05) is 26.2 Å². The number of rotatable bonds is 8. The summed E-state index contributed by atoms with van der Waals surface area (Å²) in [6.45, 7) is 1.20. The molecule has 3 amide bonds. The lowest BCUT2D eigenvalue weighted by atomic mass is 10.0. The molecule has 1 fully saturated rings. The Morgan fingerprint density at radius 3 is 2.58 bits per heavy atom. The summed E-state index contributed by atoms with van der Waals surface area (Å²) >= 11 is 0. The Kier molecular flexibility index (Phi) is 7.40. The Bertz CT molecular complexity index is 633. The maximum absolute atomic E-state index is 12.8. The highest BCUT2D eigenvalue weighted by atomic mass is 16.5. The molecule has 0 radical (unpaired) electrons. The normalized spacial score (nSPS) is 16.8. The van der Waals surface area contributed by atoms with Gasteiger partial charge < -0.3 is 26.4 Å². The van der Waals surface area contributed by atoms with Gasteiger partial charge in [-0.25, -0.2) is 0 Å². The van der Waals surface area contributed by atoms with Crippen LogP contribution < -0.4 is 21.5 Å². The van der Waals surface area contributed by atoms with Crippen molar-refractivity contribution in [1.29, 1.82) is 0 Å². The van der Waals surface area contributed by atoms with E-state index >= 15 is 0 Å². The molecule has 1 aliphatic heterocycles. The van der Waals surface area contributed by atoms with Gasteiger partial charge in [-0.3, -0.25) is 14.4 Å². The zero-order valence-electron chi connectivity index (χ0n) is 14.8. The molecule has 1 aromatic carbocycles. The van der Waals surface area contributed by atoms with Gasteiger partial charge in [0.2, 0.25) is 5.91 Å². The van der Waals surface area contributed by atoms with E-state index in [9.17, 15) is 14.4 Å². The van der Waals surface area contributed by atoms with Gasteiger partial charge in [-0.05, 0) is 43.5 Å². The lowest BCUT2D eigenvalue weighted by molar-refractivity contribution is -0.121. The number of carbonyl (C=O) groups excluding carboxylic acids is 3. The molecule has 5 N–H and O–H groups in total. The molecule has 26 heavy (non-hydrogen) atoms. The summed E-state index contributed by atoms with van der Waals surface area (Å²) in [5.41, 5.74) is 11.0. The lowest BCUT2D eigenvalue weighted by Gasteiger charge is -2.36. The van der Waals surface area contributed by atoms with Crippen molar-refractivity contribution in [3.8, 4) is 5.75 Å². The van der Waals surface area contributed by atoms with E-state index < -0.39 is 5.91 Å². The Labute approximate surface area is 152 Å². The van der Waals surface area contributed by atoms with Crippen LogP contribution in [0.3, 0.4) is 0 Å². The minimum absolute atomic E-state index is 0.0243. The van der Waals surface area contributed by atoms with E-state index in [4.69, 9.17) is 16.2 Å². The molecule has 1 aliphatic rings. The number of nitrogens with one attached hydrogen (secondary N) is 1. The fourth-order valence-corrected chi connectivity index (χ4v) is 2.95. The molecule has 1 aromatic rings. The number of piperidine rings is 1. The first-order chi connectivity index (χ1) is 12.5. The third-order valence-corrected chi connectivity index (χ3v) is 4.28. The average molecular weight is 362 g/mol. The van der Waals surface area contributed by atoms with E-state index in [-0.39, 0.29) is 30.9 Å². The zero-order valence-corrected chi connectivity index (χ0v) is 14.8. The highest BCUT2D eigenvalue weighted by Gasteiger charge is 2.27. The zero-order chi connectivity index (χ0) is 18.9. The van der Waals surface area contributed by atoms with Crippen LogP contribution in [0.25, 0.3) is 0 Å². The first kappa shape index (κ1) is 19.7. The fourth-order valence-electron chi connectivity index (χ4n) is 2.95. The van der Waals surface area contributed by atoms with Gasteiger partial charge in [0.05, 0.1) is 0 Å². The summed E-state index contributed by atoms with van der Waals surface area (Å²) in [4.78, 5) is 37.0. The van der Waals surface area contributed by atoms with E-state index in [2.05, 4.69) is 5.32 Å². The summed E-state index contributed by atoms with van der Waals surface area (Å²) in [5, 5.41) is 2.85. The monoisotopic (exact) mass is 362 g/mol. The van der Waals surface area contributed by atoms with E-state index in [0.29, 0.717) is 30.9 Å². The second kappa shape index (κ2) is 9.76. The standard InChI is InChI=1S/C18H26N4O4/c19-9-8-17(24)21-11-14-3-1-2-10-22(14)18(25)13-4-6-15(7-5-13)26-12-16(20)23/h4-7,14H,1-3,8-12,19H2,(H2,20,23)(H,21,24). The largest absolute Gasteiger partial charge is 0.484 e. The van der Waals surface area contributed by atoms with Gasteiger partial charge in [0, 0.05) is 37.7 Å². The highest BCUT2D eigenvalue weighted by molar-refractivity contribution is 5.94. The topological polar surface area (TPSA) is 128 Å². The summed E-state index contributed by atoms with van der Waals surface area (Å²) < 4.78 is 5.20. The first-order valence-corrected chi connectivity index (χ1v) is 8.80. The van der Waals surface area contributed by atoms with Crippen LogP contribution in [0, 0.1) is 0 Å². The molecule has 0 aliphatic carbocycles. The predicted molar refractivity (Wildman–Crippen MR) is 96.5 cm³/mol. The second-order valence-electron chi connectivity index (χ2n) is 6.27. The molecule has 0 bridgehead atoms. The van der Waals surface area contributed by atoms with E-state index in [1.165, 1.54) is 0 Å². The Morgan fingerprint density at radius 1 is 1.19 bits per heavy atom. The van der Waals surface area contributed by atoms with E-state index in [1.54, 1.807) is 24.3 Å². The first-order valence-electron chi connectivity index (χ1n) is 8.80. The van der Waals surface area contributed by atoms with Crippen LogP contribution in [0.5, 0.6) is 5.75 Å². The number of carbonyl (C=O) groups is 3. The SMILES string of the molecule is NCCC(=O)NCC1CCCCN1C(=O)c1ccc(OCC(N)=O)cc1. The van der Waals surface area contributed by atoms with Gasteiger partial charge >= 0.3 is 0 Å². The number of primary amides is 1. The highest BCUT2D eigenvalue weighted by Crippen LogP contribution is 2.21. The number of hydrogen-bond acceptors (Lipinski definition) is 5. The minimum atomic E-state index is -0.557. The van der Waals surface area contributed by atoms with Crippen molar-refractivity contribution < 1.29 is 19.1 Å². The fraction of sp³-hybridized carbons (Fsp3) is 0.500. The second-order valence-corrected chi connectivity index (χ2v) is 6.27. The predicted octanol–water partition coefficient (Wildman–Crippen LogP) is 0.0104. The summed E-state index contributed by atoms with van der Waals surface area (Å²) in [7, 11) is 0. The molecule has 1 atom stereocenters. The van der Waals surface area contributed by atoms with Crippen LogP contribution in [0.15, 0.2) is 24.3 Å².